The van der Waals surface area contributed by atoms with Gasteiger partial charge in [-0.3, -0.25) is 15.0 Å². The monoisotopic (exact) mass is 408 g/mol. The number of aryl methyl sites for hydroxylation is 1. The van der Waals surface area contributed by atoms with E-state index in [4.69, 9.17) is 9.15 Å². The fraction of sp³-hybridized carbons (Fsp3) is 0.714. The molecule has 1 aliphatic heterocycles. The molecular formula is C21H36N4O4. The van der Waals surface area contributed by atoms with Gasteiger partial charge in [-0.2, -0.15) is 0 Å². The Balaban J connectivity index is 2.10. The summed E-state index contributed by atoms with van der Waals surface area (Å²) in [5.41, 5.74) is -1.26. The molecule has 0 aliphatic carbocycles. The van der Waals surface area contributed by atoms with Gasteiger partial charge in [-0.15, -0.1) is 0 Å². The molecule has 8 nitrogen and oxygen atoms in total. The molecule has 0 spiro atoms. The fourth-order valence-electron chi connectivity index (χ4n) is 3.62. The van der Waals surface area contributed by atoms with E-state index in [2.05, 4.69) is 20.5 Å². The van der Waals surface area contributed by atoms with Gasteiger partial charge in [0, 0.05) is 37.6 Å². The highest BCUT2D eigenvalue weighted by Gasteiger charge is 2.38. The summed E-state index contributed by atoms with van der Waals surface area (Å²) in [4.78, 5) is 19.1. The third-order valence-electron chi connectivity index (χ3n) is 6.09. The average molecular weight is 409 g/mol. The van der Waals surface area contributed by atoms with Crippen molar-refractivity contribution in [3.05, 3.63) is 29.8 Å². The predicted octanol–water partition coefficient (Wildman–Crippen LogP) is 2.25. The molecule has 0 aromatic carbocycles. The van der Waals surface area contributed by atoms with Crippen LogP contribution in [-0.4, -0.2) is 65.8 Å². The Morgan fingerprint density at radius 2 is 1.97 bits per heavy atom. The number of nitrogens with one attached hydrogen (secondary N) is 2. The second-order valence-electron chi connectivity index (χ2n) is 8.75. The molecule has 0 bridgehead atoms. The molecule has 1 aromatic rings. The Morgan fingerprint density at radius 3 is 2.48 bits per heavy atom. The van der Waals surface area contributed by atoms with Crippen molar-refractivity contribution in [1.82, 2.24) is 20.5 Å². The Kier molecular flexibility index (Phi) is 7.48. The number of ether oxygens (including phenoxy) is 1. The van der Waals surface area contributed by atoms with Gasteiger partial charge in [0.1, 0.15) is 5.76 Å². The third kappa shape index (κ3) is 5.38. The highest BCUT2D eigenvalue weighted by atomic mass is 16.5. The summed E-state index contributed by atoms with van der Waals surface area (Å²) in [6.45, 7) is 10.9. The molecule has 1 unspecified atom stereocenters. The lowest BCUT2D eigenvalue weighted by atomic mass is 9.82. The van der Waals surface area contributed by atoms with Crippen molar-refractivity contribution in [1.29, 1.82) is 0 Å². The standard InChI is InChI=1S/C21H36N4O4/c1-14-23-13-17(29-14)20(2,3)16(22-6)12-18(26)24-19(27)21(4,5)25(7)15-8-10-28-11-9-15/h12-13,15-16,22,26H,8-11H2,1-7H3,(H,24,27)/b18-12-. The molecule has 1 aromatic heterocycles. The number of hydrogen-bond donors (Lipinski definition) is 3. The minimum absolute atomic E-state index is 0.188. The first-order valence-electron chi connectivity index (χ1n) is 10.1. The van der Waals surface area contributed by atoms with Crippen LogP contribution in [0.1, 0.15) is 52.2 Å². The summed E-state index contributed by atoms with van der Waals surface area (Å²) >= 11 is 0. The highest BCUT2D eigenvalue weighted by Crippen LogP contribution is 2.29. The highest BCUT2D eigenvalue weighted by molar-refractivity contribution is 5.86. The van der Waals surface area contributed by atoms with Gasteiger partial charge >= 0.3 is 0 Å². The predicted molar refractivity (Wildman–Crippen MR) is 112 cm³/mol. The number of carbonyl (C=O) groups excluding carboxylic acids is 1. The van der Waals surface area contributed by atoms with Crippen LogP contribution in [0.4, 0.5) is 0 Å². The van der Waals surface area contributed by atoms with Crippen molar-refractivity contribution < 1.29 is 19.1 Å². The van der Waals surface area contributed by atoms with Crippen molar-refractivity contribution in [3.63, 3.8) is 0 Å². The summed E-state index contributed by atoms with van der Waals surface area (Å²) in [6.07, 6.45) is 5.07. The van der Waals surface area contributed by atoms with Crippen LogP contribution in [0.3, 0.4) is 0 Å². The average Bonchev–Trinajstić information content (AvgIpc) is 3.13. The topological polar surface area (TPSA) is 99.9 Å². The van der Waals surface area contributed by atoms with Crippen molar-refractivity contribution in [3.8, 4) is 0 Å². The molecule has 1 atom stereocenters. The van der Waals surface area contributed by atoms with E-state index < -0.39 is 11.0 Å². The maximum absolute atomic E-state index is 12.9. The Labute approximate surface area is 173 Å². The molecule has 3 N–H and O–H groups in total. The molecule has 2 rings (SSSR count). The summed E-state index contributed by atoms with van der Waals surface area (Å²) in [5.74, 6) is 0.835. The molecule has 1 aliphatic rings. The summed E-state index contributed by atoms with van der Waals surface area (Å²) in [7, 11) is 3.74. The second-order valence-corrected chi connectivity index (χ2v) is 8.75. The number of rotatable bonds is 8. The smallest absolute Gasteiger partial charge is 0.246 e. The first kappa shape index (κ1) is 23.4. The summed E-state index contributed by atoms with van der Waals surface area (Å²) < 4.78 is 11.1. The van der Waals surface area contributed by atoms with E-state index >= 15 is 0 Å². The van der Waals surface area contributed by atoms with Crippen molar-refractivity contribution in [2.75, 3.05) is 27.3 Å². The van der Waals surface area contributed by atoms with Gasteiger partial charge in [0.25, 0.3) is 0 Å². The lowest BCUT2D eigenvalue weighted by Crippen LogP contribution is -2.57. The molecular weight excluding hydrogens is 372 g/mol. The normalized spacial score (nSPS) is 18.1. The van der Waals surface area contributed by atoms with Gasteiger partial charge in [0.05, 0.1) is 11.7 Å². The number of carbonyl (C=O) groups is 1. The van der Waals surface area contributed by atoms with Crippen molar-refractivity contribution in [2.24, 2.45) is 0 Å². The number of aromatic nitrogens is 1. The second kappa shape index (κ2) is 9.28. The molecule has 1 fully saturated rings. The number of aliphatic hydroxyl groups is 1. The van der Waals surface area contributed by atoms with E-state index in [1.54, 1.807) is 26.2 Å². The summed E-state index contributed by atoms with van der Waals surface area (Å²) in [6, 6.07) is -0.0132. The number of likely N-dealkylation sites (N-methyl/N-ethyl adjacent to an activating group) is 2. The maximum atomic E-state index is 12.9. The van der Waals surface area contributed by atoms with Crippen LogP contribution in [0.2, 0.25) is 0 Å². The quantitative estimate of drug-likeness (QED) is 0.567. The van der Waals surface area contributed by atoms with E-state index in [9.17, 15) is 9.90 Å². The Bertz CT molecular complexity index is 720. The van der Waals surface area contributed by atoms with Crippen LogP contribution >= 0.6 is 0 Å². The van der Waals surface area contributed by atoms with Gasteiger partial charge in [-0.25, -0.2) is 4.98 Å². The largest absolute Gasteiger partial charge is 0.495 e. The number of oxazole rings is 1. The van der Waals surface area contributed by atoms with Crippen LogP contribution in [-0.2, 0) is 14.9 Å². The molecule has 164 valence electrons. The third-order valence-corrected chi connectivity index (χ3v) is 6.09. The number of amides is 1. The van der Waals surface area contributed by atoms with Gasteiger partial charge in [0.2, 0.25) is 5.91 Å². The maximum Gasteiger partial charge on any atom is 0.246 e. The SMILES string of the molecule is CNC(/C=C(\O)NC(=O)C(C)(C)N(C)C1CCOCC1)C(C)(C)c1cnc(C)o1. The van der Waals surface area contributed by atoms with E-state index in [0.29, 0.717) is 24.9 Å². The van der Waals surface area contributed by atoms with Crippen LogP contribution < -0.4 is 10.6 Å². The van der Waals surface area contributed by atoms with Crippen LogP contribution in [0, 0.1) is 6.92 Å². The van der Waals surface area contributed by atoms with E-state index in [1.807, 2.05) is 34.7 Å². The van der Waals surface area contributed by atoms with Crippen LogP contribution in [0.5, 0.6) is 0 Å². The van der Waals surface area contributed by atoms with E-state index in [-0.39, 0.29) is 23.9 Å². The van der Waals surface area contributed by atoms with Gasteiger partial charge in [-0.05, 0) is 46.9 Å². The van der Waals surface area contributed by atoms with Gasteiger partial charge in [-0.1, -0.05) is 13.8 Å². The Morgan fingerprint density at radius 1 is 1.34 bits per heavy atom. The zero-order valence-electron chi connectivity index (χ0n) is 18.7. The van der Waals surface area contributed by atoms with Crippen LogP contribution in [0.25, 0.3) is 0 Å². The summed E-state index contributed by atoms with van der Waals surface area (Å²) in [5, 5.41) is 16.3. The minimum Gasteiger partial charge on any atom is -0.495 e. The Hall–Kier alpha value is -1.90. The van der Waals surface area contributed by atoms with Gasteiger partial charge in [0.15, 0.2) is 11.8 Å². The number of nitrogens with zero attached hydrogens (tertiary/aromatic N) is 2. The number of aliphatic hydroxyl groups excluding tert-OH is 1. The van der Waals surface area contributed by atoms with E-state index in [1.165, 1.54) is 0 Å². The first-order valence-corrected chi connectivity index (χ1v) is 10.1. The lowest BCUT2D eigenvalue weighted by Gasteiger charge is -2.41. The minimum atomic E-state index is -0.781. The van der Waals surface area contributed by atoms with Gasteiger partial charge < -0.3 is 19.6 Å². The zero-order chi connectivity index (χ0) is 21.8. The molecule has 0 saturated carbocycles. The molecule has 1 saturated heterocycles. The molecule has 8 heteroatoms. The number of hydrogen-bond acceptors (Lipinski definition) is 7. The van der Waals surface area contributed by atoms with Crippen LogP contribution in [0.15, 0.2) is 22.6 Å². The van der Waals surface area contributed by atoms with Crippen molar-refractivity contribution in [2.45, 2.75) is 70.5 Å². The molecule has 2 heterocycles. The van der Waals surface area contributed by atoms with Crippen molar-refractivity contribution >= 4 is 5.91 Å². The fourth-order valence-corrected chi connectivity index (χ4v) is 3.62. The molecule has 29 heavy (non-hydrogen) atoms. The first-order chi connectivity index (χ1) is 13.5. The van der Waals surface area contributed by atoms with E-state index in [0.717, 1.165) is 12.8 Å². The lowest BCUT2D eigenvalue weighted by molar-refractivity contribution is -0.133. The zero-order valence-corrected chi connectivity index (χ0v) is 18.7. The molecule has 0 radical (unpaired) electrons. The molecule has 1 amide bonds.